The van der Waals surface area contributed by atoms with Crippen molar-refractivity contribution in [2.24, 2.45) is 5.73 Å². The largest absolute Gasteiger partial charge is 0.457 e. The van der Waals surface area contributed by atoms with E-state index in [9.17, 15) is 0 Å². The highest BCUT2D eigenvalue weighted by atomic mass is 16.5. The predicted octanol–water partition coefficient (Wildman–Crippen LogP) is 3.77. The summed E-state index contributed by atoms with van der Waals surface area (Å²) in [7, 11) is 1.71. The number of nitrogens with zero attached hydrogens (tertiary/aromatic N) is 2. The van der Waals surface area contributed by atoms with Crippen LogP contribution in [0.15, 0.2) is 48.5 Å². The molecule has 0 saturated heterocycles. The maximum Gasteiger partial charge on any atom is 0.129 e. The van der Waals surface area contributed by atoms with Gasteiger partial charge in [0.25, 0.3) is 0 Å². The third-order valence-electron chi connectivity index (χ3n) is 4.62. The van der Waals surface area contributed by atoms with Crippen LogP contribution < -0.4 is 10.5 Å². The molecule has 0 saturated carbocycles. The number of nitrogens with two attached hydrogens (primary N) is 1. The minimum absolute atomic E-state index is 0.546. The van der Waals surface area contributed by atoms with Crippen molar-refractivity contribution in [3.8, 4) is 11.5 Å². The van der Waals surface area contributed by atoms with E-state index in [2.05, 4.69) is 21.8 Å². The monoisotopic (exact) mass is 393 g/mol. The number of aromatic amines is 1. The van der Waals surface area contributed by atoms with Gasteiger partial charge in [0.15, 0.2) is 0 Å². The first-order valence-corrected chi connectivity index (χ1v) is 9.57. The number of imidazole rings is 1. The van der Waals surface area contributed by atoms with E-state index in [4.69, 9.17) is 20.6 Å². The summed E-state index contributed by atoms with van der Waals surface area (Å²) in [6, 6.07) is 13.3. The fourth-order valence-electron chi connectivity index (χ4n) is 3.00. The van der Waals surface area contributed by atoms with Crippen molar-refractivity contribution in [2.45, 2.75) is 13.5 Å². The number of aromatic nitrogens is 2. The summed E-state index contributed by atoms with van der Waals surface area (Å²) in [6.07, 6.45) is 2.72. The Labute approximate surface area is 170 Å². The molecule has 0 atom stereocenters. The molecule has 0 fully saturated rings. The highest BCUT2D eigenvalue weighted by Gasteiger charge is 2.09. The summed E-state index contributed by atoms with van der Waals surface area (Å²) >= 11 is 0. The molecule has 3 rings (SSSR count). The van der Waals surface area contributed by atoms with Crippen LogP contribution in [0.1, 0.15) is 18.3 Å². The fraction of sp³-hybridized carbons (Fsp3) is 0.273. The number of ether oxygens (including phenoxy) is 2. The number of fused-ring (bicyclic) bond motifs is 1. The van der Waals surface area contributed by atoms with Crippen LogP contribution in [0.2, 0.25) is 0 Å². The molecule has 0 aliphatic rings. The Morgan fingerprint density at radius 2 is 1.97 bits per heavy atom. The molecule has 2 aromatic carbocycles. The lowest BCUT2D eigenvalue weighted by Gasteiger charge is -2.18. The van der Waals surface area contributed by atoms with Crippen molar-refractivity contribution in [1.29, 1.82) is 5.41 Å². The second-order valence-electron chi connectivity index (χ2n) is 6.64. The lowest BCUT2D eigenvalue weighted by molar-refractivity contribution is 0.146. The first-order valence-electron chi connectivity index (χ1n) is 9.57. The molecule has 152 valence electrons. The average molecular weight is 393 g/mol. The van der Waals surface area contributed by atoms with Gasteiger partial charge in [0.1, 0.15) is 17.3 Å². The molecule has 0 bridgehead atoms. The summed E-state index contributed by atoms with van der Waals surface area (Å²) in [4.78, 5) is 10.3. The van der Waals surface area contributed by atoms with Crippen LogP contribution in [0.3, 0.4) is 0 Å². The number of H-pyrrole nitrogens is 1. The lowest BCUT2D eigenvalue weighted by Crippen LogP contribution is -2.27. The smallest absolute Gasteiger partial charge is 0.129 e. The van der Waals surface area contributed by atoms with Gasteiger partial charge in [-0.3, -0.25) is 4.90 Å². The van der Waals surface area contributed by atoms with E-state index in [1.807, 2.05) is 42.5 Å². The number of hydrogen-bond acceptors (Lipinski definition) is 6. The maximum atomic E-state index is 7.10. The van der Waals surface area contributed by atoms with Gasteiger partial charge < -0.3 is 25.6 Å². The standard InChI is InChI=1S/C22H27N5O2/c1-3-27(12-13-28-2)15-22-25-20-9-8-18(14-21(20)26-22)29-17-6-4-16(5-7-17)19(24)10-11-23/h4-11,14,23H,3,12-13,15,24H2,1-2H3,(H,25,26)/b19-10-,23-11?. The van der Waals surface area contributed by atoms with Crippen LogP contribution in [0, 0.1) is 5.41 Å². The zero-order chi connectivity index (χ0) is 20.6. The Kier molecular flexibility index (Phi) is 6.99. The minimum atomic E-state index is 0.546. The van der Waals surface area contributed by atoms with Crippen molar-refractivity contribution in [1.82, 2.24) is 14.9 Å². The van der Waals surface area contributed by atoms with Crippen molar-refractivity contribution >= 4 is 22.9 Å². The van der Waals surface area contributed by atoms with Crippen molar-refractivity contribution in [2.75, 3.05) is 26.8 Å². The molecule has 7 nitrogen and oxygen atoms in total. The molecular formula is C22H27N5O2. The summed E-state index contributed by atoms with van der Waals surface area (Å²) in [6.45, 7) is 5.38. The summed E-state index contributed by atoms with van der Waals surface area (Å²) < 4.78 is 11.1. The van der Waals surface area contributed by atoms with Crippen LogP contribution in [-0.4, -0.2) is 47.9 Å². The van der Waals surface area contributed by atoms with Crippen molar-refractivity contribution < 1.29 is 9.47 Å². The number of allylic oxidation sites excluding steroid dienone is 1. The van der Waals surface area contributed by atoms with E-state index in [-0.39, 0.29) is 0 Å². The summed E-state index contributed by atoms with van der Waals surface area (Å²) in [5.41, 5.74) is 9.14. The van der Waals surface area contributed by atoms with E-state index in [0.29, 0.717) is 18.1 Å². The number of likely N-dealkylation sites (N-methyl/N-ethyl adjacent to an activating group) is 1. The molecule has 4 N–H and O–H groups in total. The fourth-order valence-corrected chi connectivity index (χ4v) is 3.00. The zero-order valence-electron chi connectivity index (χ0n) is 16.8. The number of hydrogen-bond donors (Lipinski definition) is 3. The van der Waals surface area contributed by atoms with Crippen molar-refractivity contribution in [3.05, 3.63) is 59.9 Å². The van der Waals surface area contributed by atoms with Crippen LogP contribution in [0.5, 0.6) is 11.5 Å². The number of methoxy groups -OCH3 is 1. The summed E-state index contributed by atoms with van der Waals surface area (Å²) in [5.74, 6) is 2.37. The molecule has 0 aliphatic carbocycles. The van der Waals surface area contributed by atoms with Gasteiger partial charge in [0.2, 0.25) is 0 Å². The molecule has 3 aromatic rings. The van der Waals surface area contributed by atoms with Crippen molar-refractivity contribution in [3.63, 3.8) is 0 Å². The lowest BCUT2D eigenvalue weighted by atomic mass is 10.1. The van der Waals surface area contributed by atoms with Crippen LogP contribution in [0.4, 0.5) is 0 Å². The minimum Gasteiger partial charge on any atom is -0.457 e. The quantitative estimate of drug-likeness (QED) is 0.455. The highest BCUT2D eigenvalue weighted by Crippen LogP contribution is 2.26. The van der Waals surface area contributed by atoms with Gasteiger partial charge in [-0.15, -0.1) is 0 Å². The zero-order valence-corrected chi connectivity index (χ0v) is 16.8. The van der Waals surface area contributed by atoms with Gasteiger partial charge in [-0.05, 0) is 54.6 Å². The first kappa shape index (κ1) is 20.6. The first-order chi connectivity index (χ1) is 14.1. The third kappa shape index (κ3) is 5.43. The Bertz CT molecular complexity index is 979. The number of rotatable bonds is 10. The molecular weight excluding hydrogens is 366 g/mol. The Morgan fingerprint density at radius 1 is 1.21 bits per heavy atom. The van der Waals surface area contributed by atoms with Crippen LogP contribution >= 0.6 is 0 Å². The number of nitrogens with one attached hydrogen (secondary N) is 2. The van der Waals surface area contributed by atoms with E-state index in [0.717, 1.165) is 47.8 Å². The molecule has 0 spiro atoms. The van der Waals surface area contributed by atoms with Gasteiger partial charge in [-0.25, -0.2) is 4.98 Å². The molecule has 0 amide bonds. The molecule has 0 unspecified atom stereocenters. The Balaban J connectivity index is 1.71. The second kappa shape index (κ2) is 9.86. The molecule has 29 heavy (non-hydrogen) atoms. The average Bonchev–Trinajstić information content (AvgIpc) is 3.13. The van der Waals surface area contributed by atoms with E-state index in [1.165, 1.54) is 6.21 Å². The van der Waals surface area contributed by atoms with Gasteiger partial charge in [-0.2, -0.15) is 0 Å². The Morgan fingerprint density at radius 3 is 2.66 bits per heavy atom. The topological polar surface area (TPSA) is 100 Å². The second-order valence-corrected chi connectivity index (χ2v) is 6.64. The van der Waals surface area contributed by atoms with E-state index >= 15 is 0 Å². The van der Waals surface area contributed by atoms with Gasteiger partial charge >= 0.3 is 0 Å². The highest BCUT2D eigenvalue weighted by molar-refractivity contribution is 5.81. The van der Waals surface area contributed by atoms with Gasteiger partial charge in [0, 0.05) is 31.6 Å². The van der Waals surface area contributed by atoms with Gasteiger partial charge in [0.05, 0.1) is 24.2 Å². The molecule has 1 aromatic heterocycles. The molecule has 0 aliphatic heterocycles. The number of benzene rings is 2. The predicted molar refractivity (Wildman–Crippen MR) is 116 cm³/mol. The third-order valence-corrected chi connectivity index (χ3v) is 4.62. The molecule has 7 heteroatoms. The Hall–Kier alpha value is -3.16. The maximum absolute atomic E-state index is 7.10. The van der Waals surface area contributed by atoms with Gasteiger partial charge in [-0.1, -0.05) is 6.92 Å². The normalized spacial score (nSPS) is 11.9. The summed E-state index contributed by atoms with van der Waals surface area (Å²) in [5, 5.41) is 7.10. The van der Waals surface area contributed by atoms with E-state index in [1.54, 1.807) is 13.2 Å². The molecule has 1 heterocycles. The molecule has 0 radical (unpaired) electrons. The SMILES string of the molecule is CCN(CCOC)Cc1nc2ccc(Oc3ccc(/C(N)=C/C=N)cc3)cc2[nH]1. The van der Waals surface area contributed by atoms with Crippen LogP contribution in [-0.2, 0) is 11.3 Å². The van der Waals surface area contributed by atoms with Crippen LogP contribution in [0.25, 0.3) is 16.7 Å². The van der Waals surface area contributed by atoms with E-state index < -0.39 is 0 Å².